The van der Waals surface area contributed by atoms with E-state index in [1.165, 1.54) is 0 Å². The standard InChI is InChI=1S/C13H18BrClO3/c1-3-17-13(16)12(18-8-9(2)14)10-6-4-5-7-11(10)15/h5,7,10-12H,2-4,6,8H2,1H3/t10-,11-,12?/m0/s1. The number of ether oxygens (including phenoxy) is 2. The normalized spacial score (nSPS) is 24.6. The van der Waals surface area contributed by atoms with Crippen molar-refractivity contribution >= 4 is 33.5 Å². The molecule has 18 heavy (non-hydrogen) atoms. The minimum atomic E-state index is -0.633. The average molecular weight is 338 g/mol. The maximum atomic E-state index is 11.9. The zero-order valence-electron chi connectivity index (χ0n) is 10.4. The summed E-state index contributed by atoms with van der Waals surface area (Å²) in [7, 11) is 0. The number of alkyl halides is 1. The summed E-state index contributed by atoms with van der Waals surface area (Å²) in [4.78, 5) is 11.9. The Bertz CT molecular complexity index is 330. The Balaban J connectivity index is 2.71. The molecular formula is C13H18BrClO3. The summed E-state index contributed by atoms with van der Waals surface area (Å²) in [6.45, 7) is 6.07. The van der Waals surface area contributed by atoms with Gasteiger partial charge in [-0.15, -0.1) is 11.6 Å². The lowest BCUT2D eigenvalue weighted by molar-refractivity contribution is -0.159. The summed E-state index contributed by atoms with van der Waals surface area (Å²) in [6.07, 6.45) is 5.03. The summed E-state index contributed by atoms with van der Waals surface area (Å²) in [6, 6.07) is 0. The molecule has 0 aromatic carbocycles. The van der Waals surface area contributed by atoms with Crippen LogP contribution in [0.5, 0.6) is 0 Å². The van der Waals surface area contributed by atoms with Crippen molar-refractivity contribution in [2.75, 3.05) is 13.2 Å². The zero-order chi connectivity index (χ0) is 13.5. The van der Waals surface area contributed by atoms with Crippen molar-refractivity contribution in [2.45, 2.75) is 31.2 Å². The Hall–Kier alpha value is -0.320. The molecule has 0 amide bonds. The highest BCUT2D eigenvalue weighted by Gasteiger charge is 2.35. The van der Waals surface area contributed by atoms with Crippen molar-refractivity contribution in [3.8, 4) is 0 Å². The van der Waals surface area contributed by atoms with Crippen LogP contribution in [0.4, 0.5) is 0 Å². The second-order valence-corrected chi connectivity index (χ2v) is 5.74. The molecule has 1 unspecified atom stereocenters. The monoisotopic (exact) mass is 336 g/mol. The first-order chi connectivity index (χ1) is 8.56. The molecule has 0 fully saturated rings. The molecule has 5 heteroatoms. The van der Waals surface area contributed by atoms with Crippen molar-refractivity contribution in [3.05, 3.63) is 23.2 Å². The topological polar surface area (TPSA) is 35.5 Å². The molecule has 1 aliphatic carbocycles. The van der Waals surface area contributed by atoms with Gasteiger partial charge in [-0.1, -0.05) is 34.7 Å². The summed E-state index contributed by atoms with van der Waals surface area (Å²) in [5.41, 5.74) is 0. The summed E-state index contributed by atoms with van der Waals surface area (Å²) >= 11 is 9.44. The number of rotatable bonds is 6. The van der Waals surface area contributed by atoms with Crippen molar-refractivity contribution in [1.82, 2.24) is 0 Å². The summed E-state index contributed by atoms with van der Waals surface area (Å²) in [5.74, 6) is -0.403. The van der Waals surface area contributed by atoms with Gasteiger partial charge in [0.25, 0.3) is 0 Å². The predicted octanol–water partition coefficient (Wildman–Crippen LogP) is 3.42. The van der Waals surface area contributed by atoms with E-state index in [4.69, 9.17) is 21.1 Å². The number of esters is 1. The highest BCUT2D eigenvalue weighted by atomic mass is 79.9. The van der Waals surface area contributed by atoms with Gasteiger partial charge >= 0.3 is 5.97 Å². The highest BCUT2D eigenvalue weighted by Crippen LogP contribution is 2.29. The fourth-order valence-corrected chi connectivity index (χ4v) is 2.40. The molecule has 0 aromatic heterocycles. The van der Waals surface area contributed by atoms with Crippen molar-refractivity contribution < 1.29 is 14.3 Å². The molecular weight excluding hydrogens is 319 g/mol. The van der Waals surface area contributed by atoms with Crippen LogP contribution in [0.25, 0.3) is 0 Å². The van der Waals surface area contributed by atoms with Crippen LogP contribution in [0.3, 0.4) is 0 Å². The van der Waals surface area contributed by atoms with Crippen LogP contribution in [-0.4, -0.2) is 30.7 Å². The van der Waals surface area contributed by atoms with Crippen LogP contribution in [0, 0.1) is 5.92 Å². The number of carbonyl (C=O) groups is 1. The van der Waals surface area contributed by atoms with E-state index >= 15 is 0 Å². The van der Waals surface area contributed by atoms with E-state index in [9.17, 15) is 4.79 Å². The fraction of sp³-hybridized carbons (Fsp3) is 0.615. The molecule has 3 nitrogen and oxygen atoms in total. The lowest BCUT2D eigenvalue weighted by atomic mass is 9.88. The molecule has 0 heterocycles. The van der Waals surface area contributed by atoms with Gasteiger partial charge in [0.1, 0.15) is 0 Å². The van der Waals surface area contributed by atoms with Gasteiger partial charge in [-0.25, -0.2) is 4.79 Å². The molecule has 0 saturated heterocycles. The average Bonchev–Trinajstić information content (AvgIpc) is 2.31. The van der Waals surface area contributed by atoms with Crippen LogP contribution in [0.1, 0.15) is 19.8 Å². The maximum absolute atomic E-state index is 11.9. The zero-order valence-corrected chi connectivity index (χ0v) is 12.7. The highest BCUT2D eigenvalue weighted by molar-refractivity contribution is 9.11. The molecule has 0 aromatic rings. The Morgan fingerprint density at radius 1 is 1.67 bits per heavy atom. The van der Waals surface area contributed by atoms with Gasteiger partial charge in [0.2, 0.25) is 0 Å². The predicted molar refractivity (Wildman–Crippen MR) is 75.9 cm³/mol. The van der Waals surface area contributed by atoms with Crippen LogP contribution < -0.4 is 0 Å². The van der Waals surface area contributed by atoms with Gasteiger partial charge in [0, 0.05) is 10.4 Å². The quantitative estimate of drug-likeness (QED) is 0.423. The molecule has 0 saturated carbocycles. The van der Waals surface area contributed by atoms with E-state index in [1.54, 1.807) is 6.92 Å². The largest absolute Gasteiger partial charge is 0.464 e. The van der Waals surface area contributed by atoms with Gasteiger partial charge in [-0.2, -0.15) is 0 Å². The third-order valence-electron chi connectivity index (χ3n) is 2.72. The van der Waals surface area contributed by atoms with Crippen molar-refractivity contribution in [2.24, 2.45) is 5.92 Å². The van der Waals surface area contributed by atoms with Gasteiger partial charge in [0.15, 0.2) is 6.10 Å². The lowest BCUT2D eigenvalue weighted by Gasteiger charge is -2.29. The Morgan fingerprint density at radius 3 is 2.94 bits per heavy atom. The third kappa shape index (κ3) is 4.75. The molecule has 0 aliphatic heterocycles. The van der Waals surface area contributed by atoms with Gasteiger partial charge in [0.05, 0.1) is 18.6 Å². The molecule has 1 rings (SSSR count). The molecule has 0 radical (unpaired) electrons. The molecule has 0 spiro atoms. The van der Waals surface area contributed by atoms with Crippen molar-refractivity contribution in [1.29, 1.82) is 0 Å². The summed E-state index contributed by atoms with van der Waals surface area (Å²) in [5, 5.41) is -0.197. The third-order valence-corrected chi connectivity index (χ3v) is 3.42. The van der Waals surface area contributed by atoms with Crippen LogP contribution in [-0.2, 0) is 14.3 Å². The molecule has 3 atom stereocenters. The number of hydrogen-bond donors (Lipinski definition) is 0. The van der Waals surface area contributed by atoms with Gasteiger partial charge in [-0.3, -0.25) is 0 Å². The fourth-order valence-electron chi connectivity index (χ4n) is 1.91. The van der Waals surface area contributed by atoms with E-state index in [-0.39, 0.29) is 23.9 Å². The van der Waals surface area contributed by atoms with E-state index in [0.29, 0.717) is 11.1 Å². The first-order valence-corrected chi connectivity index (χ1v) is 7.21. The molecule has 0 N–H and O–H groups in total. The van der Waals surface area contributed by atoms with Crippen molar-refractivity contribution in [3.63, 3.8) is 0 Å². The first kappa shape index (κ1) is 15.7. The first-order valence-electron chi connectivity index (χ1n) is 5.98. The second-order valence-electron chi connectivity index (χ2n) is 4.11. The van der Waals surface area contributed by atoms with E-state index in [2.05, 4.69) is 22.5 Å². The van der Waals surface area contributed by atoms with Crippen LogP contribution >= 0.6 is 27.5 Å². The van der Waals surface area contributed by atoms with E-state index in [0.717, 1.165) is 12.8 Å². The molecule has 102 valence electrons. The van der Waals surface area contributed by atoms with Gasteiger partial charge < -0.3 is 9.47 Å². The van der Waals surface area contributed by atoms with Gasteiger partial charge in [-0.05, 0) is 19.8 Å². The lowest BCUT2D eigenvalue weighted by Crippen LogP contribution is -2.39. The van der Waals surface area contributed by atoms with E-state index < -0.39 is 6.10 Å². The maximum Gasteiger partial charge on any atom is 0.335 e. The summed E-state index contributed by atoms with van der Waals surface area (Å²) < 4.78 is 11.3. The van der Waals surface area contributed by atoms with E-state index in [1.807, 2.05) is 12.2 Å². The molecule has 0 bridgehead atoms. The Labute approximate surface area is 121 Å². The second kappa shape index (κ2) is 7.97. The SMILES string of the molecule is C=C(Br)COC(C(=O)OCC)[C@H]1CCC=C[C@@H]1Cl. The molecule has 1 aliphatic rings. The number of halogens is 2. The number of carbonyl (C=O) groups excluding carboxylic acids is 1. The number of allylic oxidation sites excluding steroid dienone is 2. The van der Waals surface area contributed by atoms with Crippen LogP contribution in [0.15, 0.2) is 23.2 Å². The smallest absolute Gasteiger partial charge is 0.335 e. The minimum Gasteiger partial charge on any atom is -0.464 e. The minimum absolute atomic E-state index is 0.0532. The Kier molecular flexibility index (Phi) is 6.97. The Morgan fingerprint density at radius 2 is 2.39 bits per heavy atom. The van der Waals surface area contributed by atoms with Crippen LogP contribution in [0.2, 0.25) is 0 Å². The number of hydrogen-bond acceptors (Lipinski definition) is 3.